The normalized spacial score (nSPS) is 19.3. The number of carbonyl (C=O) groups excluding carboxylic acids is 2. The number of rotatable bonds is 1. The minimum atomic E-state index is -0.640. The summed E-state index contributed by atoms with van der Waals surface area (Å²) < 4.78 is 5.43. The molecule has 0 N–H and O–H groups in total. The van der Waals surface area contributed by atoms with Gasteiger partial charge in [0.05, 0.1) is 5.56 Å². The van der Waals surface area contributed by atoms with E-state index < -0.39 is 5.92 Å². The van der Waals surface area contributed by atoms with Gasteiger partial charge in [0.2, 0.25) is 0 Å². The zero-order valence-electron chi connectivity index (χ0n) is 8.74. The number of aryl methyl sites for hydroxylation is 2. The molecule has 0 amide bonds. The van der Waals surface area contributed by atoms with Crippen LogP contribution in [0.4, 0.5) is 0 Å². The molecule has 2 rings (SSSR count). The summed E-state index contributed by atoms with van der Waals surface area (Å²) >= 11 is 0. The molecular formula is C12H12O3. The van der Waals surface area contributed by atoms with Gasteiger partial charge < -0.3 is 9.53 Å². The van der Waals surface area contributed by atoms with E-state index in [0.717, 1.165) is 11.1 Å². The molecule has 1 aliphatic rings. The van der Waals surface area contributed by atoms with Crippen LogP contribution in [0.1, 0.15) is 21.5 Å². The number of ether oxygens (including phenoxy) is 1. The molecule has 0 aromatic heterocycles. The quantitative estimate of drug-likeness (QED) is 0.516. The Morgan fingerprint density at radius 3 is 2.80 bits per heavy atom. The molecule has 15 heavy (non-hydrogen) atoms. The Morgan fingerprint density at radius 2 is 2.13 bits per heavy atom. The Bertz CT molecular complexity index is 435. The van der Waals surface area contributed by atoms with E-state index in [4.69, 9.17) is 4.74 Å². The molecule has 1 aromatic rings. The zero-order chi connectivity index (χ0) is 11.0. The molecule has 0 saturated heterocycles. The lowest BCUT2D eigenvalue weighted by atomic mass is 9.93. The Balaban J connectivity index is 2.56. The second-order valence-corrected chi connectivity index (χ2v) is 3.88. The van der Waals surface area contributed by atoms with E-state index in [0.29, 0.717) is 17.6 Å². The molecular weight excluding hydrogens is 192 g/mol. The van der Waals surface area contributed by atoms with E-state index in [-0.39, 0.29) is 12.4 Å². The van der Waals surface area contributed by atoms with Crippen LogP contribution in [0.5, 0.6) is 5.75 Å². The molecule has 0 aliphatic carbocycles. The van der Waals surface area contributed by atoms with Crippen molar-refractivity contribution in [1.29, 1.82) is 0 Å². The molecule has 0 fully saturated rings. The fraction of sp³-hybridized carbons (Fsp3) is 0.333. The first-order chi connectivity index (χ1) is 7.13. The summed E-state index contributed by atoms with van der Waals surface area (Å²) in [6.45, 7) is 3.99. The number of benzene rings is 1. The average Bonchev–Trinajstić information content (AvgIpc) is 2.19. The predicted octanol–water partition coefficient (Wildman–Crippen LogP) is 1.69. The highest BCUT2D eigenvalue weighted by molar-refractivity contribution is 6.08. The second kappa shape index (κ2) is 3.50. The van der Waals surface area contributed by atoms with Gasteiger partial charge in [0.25, 0.3) is 0 Å². The molecule has 78 valence electrons. The molecule has 1 atom stereocenters. The summed E-state index contributed by atoms with van der Waals surface area (Å²) in [4.78, 5) is 22.5. The third kappa shape index (κ3) is 1.54. The second-order valence-electron chi connectivity index (χ2n) is 3.88. The van der Waals surface area contributed by atoms with Crippen LogP contribution in [0.15, 0.2) is 12.1 Å². The summed E-state index contributed by atoms with van der Waals surface area (Å²) in [5, 5.41) is 0. The van der Waals surface area contributed by atoms with Crippen LogP contribution < -0.4 is 4.74 Å². The highest BCUT2D eigenvalue weighted by atomic mass is 16.5. The number of hydrogen-bond acceptors (Lipinski definition) is 3. The predicted molar refractivity (Wildman–Crippen MR) is 55.3 cm³/mol. The van der Waals surface area contributed by atoms with Crippen LogP contribution in [0.3, 0.4) is 0 Å². The number of aldehydes is 1. The van der Waals surface area contributed by atoms with Crippen LogP contribution in [-0.4, -0.2) is 18.7 Å². The van der Waals surface area contributed by atoms with E-state index in [9.17, 15) is 9.59 Å². The van der Waals surface area contributed by atoms with Gasteiger partial charge in [-0.1, -0.05) is 6.07 Å². The van der Waals surface area contributed by atoms with Crippen LogP contribution in [0, 0.1) is 19.8 Å². The van der Waals surface area contributed by atoms with E-state index in [1.807, 2.05) is 19.9 Å². The maximum atomic E-state index is 11.8. The number of hydrogen-bond donors (Lipinski definition) is 0. The van der Waals surface area contributed by atoms with Crippen molar-refractivity contribution in [2.24, 2.45) is 5.92 Å². The summed E-state index contributed by atoms with van der Waals surface area (Å²) in [6, 6.07) is 3.74. The smallest absolute Gasteiger partial charge is 0.180 e. The summed E-state index contributed by atoms with van der Waals surface area (Å²) in [7, 11) is 0. The maximum absolute atomic E-state index is 11.8. The third-order valence-electron chi connectivity index (χ3n) is 2.59. The van der Waals surface area contributed by atoms with E-state index >= 15 is 0 Å². The monoisotopic (exact) mass is 204 g/mol. The fourth-order valence-corrected chi connectivity index (χ4v) is 1.88. The number of Topliss-reactive ketones (excluding diaryl/α,β-unsaturated/α-hetero) is 1. The van der Waals surface area contributed by atoms with Crippen molar-refractivity contribution in [3.63, 3.8) is 0 Å². The van der Waals surface area contributed by atoms with Crippen molar-refractivity contribution in [1.82, 2.24) is 0 Å². The lowest BCUT2D eigenvalue weighted by molar-refractivity contribution is -0.110. The van der Waals surface area contributed by atoms with Gasteiger partial charge in [0.1, 0.15) is 24.6 Å². The van der Waals surface area contributed by atoms with Crippen molar-refractivity contribution in [2.45, 2.75) is 13.8 Å². The molecule has 1 aromatic carbocycles. The van der Waals surface area contributed by atoms with E-state index in [1.54, 1.807) is 6.07 Å². The molecule has 0 spiro atoms. The van der Waals surface area contributed by atoms with Gasteiger partial charge in [-0.25, -0.2) is 0 Å². The Morgan fingerprint density at radius 1 is 1.40 bits per heavy atom. The average molecular weight is 204 g/mol. The molecule has 3 nitrogen and oxygen atoms in total. The highest BCUT2D eigenvalue weighted by Gasteiger charge is 2.29. The van der Waals surface area contributed by atoms with Crippen molar-refractivity contribution in [3.8, 4) is 5.75 Å². The Labute approximate surface area is 88.1 Å². The summed E-state index contributed by atoms with van der Waals surface area (Å²) in [5.74, 6) is -0.138. The molecule has 1 unspecified atom stereocenters. The first kappa shape index (κ1) is 9.90. The lowest BCUT2D eigenvalue weighted by Crippen LogP contribution is -2.29. The molecule has 1 aliphatic heterocycles. The standard InChI is InChI=1S/C12H12O3/c1-7-3-8(2)12-10(4-7)11(14)9(5-13)6-15-12/h3-5,9H,6H2,1-2H3. The Hall–Kier alpha value is -1.64. The lowest BCUT2D eigenvalue weighted by Gasteiger charge is -2.22. The van der Waals surface area contributed by atoms with Gasteiger partial charge in [-0.05, 0) is 31.0 Å². The number of carbonyl (C=O) groups is 2. The molecule has 1 heterocycles. The van der Waals surface area contributed by atoms with Gasteiger partial charge in [-0.3, -0.25) is 4.79 Å². The third-order valence-corrected chi connectivity index (χ3v) is 2.59. The van der Waals surface area contributed by atoms with Gasteiger partial charge >= 0.3 is 0 Å². The number of ketones is 1. The van der Waals surface area contributed by atoms with Crippen LogP contribution in [-0.2, 0) is 4.79 Å². The van der Waals surface area contributed by atoms with Crippen molar-refractivity contribution in [2.75, 3.05) is 6.61 Å². The molecule has 0 radical (unpaired) electrons. The molecule has 0 saturated carbocycles. The van der Waals surface area contributed by atoms with Gasteiger partial charge in [0.15, 0.2) is 5.78 Å². The molecule has 3 heteroatoms. The first-order valence-corrected chi connectivity index (χ1v) is 4.87. The first-order valence-electron chi connectivity index (χ1n) is 4.87. The van der Waals surface area contributed by atoms with Crippen LogP contribution in [0.25, 0.3) is 0 Å². The summed E-state index contributed by atoms with van der Waals surface area (Å²) in [6.07, 6.45) is 0.656. The largest absolute Gasteiger partial charge is 0.491 e. The summed E-state index contributed by atoms with van der Waals surface area (Å²) in [5.41, 5.74) is 2.49. The van der Waals surface area contributed by atoms with Crippen molar-refractivity contribution in [3.05, 3.63) is 28.8 Å². The molecule has 0 bridgehead atoms. The van der Waals surface area contributed by atoms with Crippen LogP contribution >= 0.6 is 0 Å². The van der Waals surface area contributed by atoms with Crippen LogP contribution in [0.2, 0.25) is 0 Å². The highest BCUT2D eigenvalue weighted by Crippen LogP contribution is 2.31. The minimum absolute atomic E-state index is 0.127. The fourth-order valence-electron chi connectivity index (χ4n) is 1.88. The van der Waals surface area contributed by atoms with Crippen molar-refractivity contribution < 1.29 is 14.3 Å². The van der Waals surface area contributed by atoms with Gasteiger partial charge in [-0.15, -0.1) is 0 Å². The number of fused-ring (bicyclic) bond motifs is 1. The van der Waals surface area contributed by atoms with E-state index in [2.05, 4.69) is 0 Å². The topological polar surface area (TPSA) is 43.4 Å². The zero-order valence-corrected chi connectivity index (χ0v) is 8.74. The Kier molecular flexibility index (Phi) is 2.31. The SMILES string of the molecule is Cc1cc(C)c2c(c1)C(=O)C(C=O)CO2. The minimum Gasteiger partial charge on any atom is -0.491 e. The van der Waals surface area contributed by atoms with E-state index in [1.165, 1.54) is 0 Å². The van der Waals surface area contributed by atoms with Crippen molar-refractivity contribution >= 4 is 12.1 Å². The van der Waals surface area contributed by atoms with Gasteiger partial charge in [-0.2, -0.15) is 0 Å². The van der Waals surface area contributed by atoms with Gasteiger partial charge in [0, 0.05) is 0 Å². The maximum Gasteiger partial charge on any atom is 0.180 e.